The van der Waals surface area contributed by atoms with Gasteiger partial charge in [-0.05, 0) is 30.7 Å². The number of fused-ring (bicyclic) bond motifs is 2. The Hall–Kier alpha value is -1.33. The van der Waals surface area contributed by atoms with E-state index in [1.807, 2.05) is 6.07 Å². The Morgan fingerprint density at radius 1 is 1.38 bits per heavy atom. The monoisotopic (exact) mass is 212 g/mol. The van der Waals surface area contributed by atoms with Crippen LogP contribution < -0.4 is 0 Å². The van der Waals surface area contributed by atoms with Gasteiger partial charge < -0.3 is 0 Å². The smallest absolute Gasteiger partial charge is 0.109 e. The zero-order chi connectivity index (χ0) is 11.0. The molecule has 2 bridgehead atoms. The lowest BCUT2D eigenvalue weighted by Gasteiger charge is -2.33. The van der Waals surface area contributed by atoms with Gasteiger partial charge in [-0.1, -0.05) is 30.3 Å². The van der Waals surface area contributed by atoms with Gasteiger partial charge in [0.2, 0.25) is 0 Å². The van der Waals surface area contributed by atoms with Crippen molar-refractivity contribution in [2.24, 2.45) is 5.92 Å². The molecule has 1 saturated heterocycles. The quantitative estimate of drug-likeness (QED) is 0.753. The van der Waals surface area contributed by atoms with Crippen molar-refractivity contribution < 1.29 is 0 Å². The van der Waals surface area contributed by atoms with Gasteiger partial charge in [-0.2, -0.15) is 5.26 Å². The Bertz CT molecular complexity index is 420. The van der Waals surface area contributed by atoms with Crippen molar-refractivity contribution in [3.8, 4) is 6.07 Å². The molecule has 1 aliphatic carbocycles. The van der Waals surface area contributed by atoms with E-state index in [1.165, 1.54) is 12.0 Å². The van der Waals surface area contributed by atoms with E-state index < -0.39 is 0 Å². The highest BCUT2D eigenvalue weighted by molar-refractivity contribution is 5.21. The van der Waals surface area contributed by atoms with E-state index in [0.717, 1.165) is 31.8 Å². The van der Waals surface area contributed by atoms with Crippen LogP contribution in [0, 0.1) is 17.2 Å². The summed E-state index contributed by atoms with van der Waals surface area (Å²) in [6.07, 6.45) is 3.41. The SMILES string of the molecule is N#C[C@]12CC[C@H](CN1Cc1ccccc1)C2. The summed E-state index contributed by atoms with van der Waals surface area (Å²) >= 11 is 0. The van der Waals surface area contributed by atoms with Crippen molar-refractivity contribution in [3.63, 3.8) is 0 Å². The highest BCUT2D eigenvalue weighted by Gasteiger charge is 2.50. The summed E-state index contributed by atoms with van der Waals surface area (Å²) in [5.74, 6) is 0.767. The highest BCUT2D eigenvalue weighted by atomic mass is 15.2. The van der Waals surface area contributed by atoms with Crippen molar-refractivity contribution in [1.82, 2.24) is 4.90 Å². The molecule has 2 atom stereocenters. The second-order valence-corrected chi connectivity index (χ2v) is 5.12. The van der Waals surface area contributed by atoms with Crippen molar-refractivity contribution in [1.29, 1.82) is 5.26 Å². The van der Waals surface area contributed by atoms with Gasteiger partial charge in [0.05, 0.1) is 6.07 Å². The maximum absolute atomic E-state index is 9.40. The first kappa shape index (κ1) is 9.86. The van der Waals surface area contributed by atoms with E-state index in [2.05, 4.69) is 35.2 Å². The molecule has 0 radical (unpaired) electrons. The lowest BCUT2D eigenvalue weighted by Crippen LogP contribution is -2.42. The summed E-state index contributed by atoms with van der Waals surface area (Å²) in [6, 6.07) is 13.1. The fraction of sp³-hybridized carbons (Fsp3) is 0.500. The first-order valence-corrected chi connectivity index (χ1v) is 6.03. The van der Waals surface area contributed by atoms with E-state index in [-0.39, 0.29) is 5.54 Å². The molecule has 1 saturated carbocycles. The van der Waals surface area contributed by atoms with Gasteiger partial charge in [-0.15, -0.1) is 0 Å². The second-order valence-electron chi connectivity index (χ2n) is 5.12. The lowest BCUT2D eigenvalue weighted by atomic mass is 9.98. The molecule has 0 spiro atoms. The Kier molecular flexibility index (Phi) is 2.22. The molecule has 0 N–H and O–H groups in total. The number of nitrogens with zero attached hydrogens (tertiary/aromatic N) is 2. The van der Waals surface area contributed by atoms with Crippen LogP contribution in [0.3, 0.4) is 0 Å². The van der Waals surface area contributed by atoms with E-state index in [4.69, 9.17) is 0 Å². The molecule has 3 rings (SSSR count). The molecule has 82 valence electrons. The van der Waals surface area contributed by atoms with Crippen molar-refractivity contribution in [2.75, 3.05) is 6.54 Å². The molecule has 16 heavy (non-hydrogen) atoms. The van der Waals surface area contributed by atoms with Crippen LogP contribution in [0.5, 0.6) is 0 Å². The number of hydrogen-bond donors (Lipinski definition) is 0. The molecule has 2 nitrogen and oxygen atoms in total. The largest absolute Gasteiger partial charge is 0.281 e. The highest BCUT2D eigenvalue weighted by Crippen LogP contribution is 2.46. The summed E-state index contributed by atoms with van der Waals surface area (Å²) in [4.78, 5) is 2.39. The normalized spacial score (nSPS) is 32.8. The van der Waals surface area contributed by atoms with Crippen molar-refractivity contribution in [2.45, 2.75) is 31.3 Å². The summed E-state index contributed by atoms with van der Waals surface area (Å²) in [5.41, 5.74) is 1.19. The topological polar surface area (TPSA) is 27.0 Å². The zero-order valence-electron chi connectivity index (χ0n) is 9.39. The minimum Gasteiger partial charge on any atom is -0.281 e. The van der Waals surface area contributed by atoms with Gasteiger partial charge in [0.15, 0.2) is 0 Å². The fourth-order valence-electron chi connectivity index (χ4n) is 3.25. The minimum absolute atomic E-state index is 0.138. The number of piperidine rings is 1. The molecule has 1 aromatic carbocycles. The van der Waals surface area contributed by atoms with Crippen LogP contribution >= 0.6 is 0 Å². The molecule has 1 aromatic rings. The molecular weight excluding hydrogens is 196 g/mol. The maximum atomic E-state index is 9.40. The van der Waals surface area contributed by atoms with Gasteiger partial charge in [0, 0.05) is 13.1 Å². The van der Waals surface area contributed by atoms with Crippen LogP contribution in [0.2, 0.25) is 0 Å². The molecule has 1 heterocycles. The molecule has 2 heteroatoms. The second kappa shape index (κ2) is 3.61. The van der Waals surface area contributed by atoms with Crippen LogP contribution in [0.4, 0.5) is 0 Å². The predicted molar refractivity (Wildman–Crippen MR) is 62.5 cm³/mol. The third-order valence-corrected chi connectivity index (χ3v) is 4.10. The third kappa shape index (κ3) is 1.44. The Labute approximate surface area is 96.5 Å². The molecule has 0 unspecified atom stereocenters. The zero-order valence-corrected chi connectivity index (χ0v) is 9.39. The molecule has 0 aromatic heterocycles. The number of nitriles is 1. The van der Waals surface area contributed by atoms with E-state index >= 15 is 0 Å². The Balaban J connectivity index is 1.80. The number of benzene rings is 1. The van der Waals surface area contributed by atoms with E-state index in [1.54, 1.807) is 0 Å². The lowest BCUT2D eigenvalue weighted by molar-refractivity contribution is 0.154. The van der Waals surface area contributed by atoms with E-state index in [0.29, 0.717) is 0 Å². The van der Waals surface area contributed by atoms with Gasteiger partial charge in [-0.25, -0.2) is 0 Å². The molecule has 0 amide bonds. The summed E-state index contributed by atoms with van der Waals surface area (Å²) in [5, 5.41) is 9.40. The standard InChI is InChI=1S/C14H16N2/c15-11-14-7-6-13(8-14)10-16(14)9-12-4-2-1-3-5-12/h1-5,13H,6-10H2/t13-,14+/m0/s1. The number of rotatable bonds is 2. The van der Waals surface area contributed by atoms with Crippen LogP contribution in [-0.2, 0) is 6.54 Å². The number of likely N-dealkylation sites (tertiary alicyclic amines) is 1. The van der Waals surface area contributed by atoms with Gasteiger partial charge in [-0.3, -0.25) is 4.90 Å². The fourth-order valence-corrected chi connectivity index (χ4v) is 3.25. The Morgan fingerprint density at radius 3 is 2.88 bits per heavy atom. The van der Waals surface area contributed by atoms with Gasteiger partial charge in [0.25, 0.3) is 0 Å². The Morgan fingerprint density at radius 2 is 2.19 bits per heavy atom. The molecule has 2 aliphatic rings. The van der Waals surface area contributed by atoms with E-state index in [9.17, 15) is 5.26 Å². The van der Waals surface area contributed by atoms with Gasteiger partial charge in [0.1, 0.15) is 5.54 Å². The minimum atomic E-state index is -0.138. The molecule has 1 aliphatic heterocycles. The third-order valence-electron chi connectivity index (χ3n) is 4.10. The summed E-state index contributed by atoms with van der Waals surface area (Å²) in [7, 11) is 0. The van der Waals surface area contributed by atoms with Crippen LogP contribution in [0.15, 0.2) is 30.3 Å². The van der Waals surface area contributed by atoms with Crippen molar-refractivity contribution >= 4 is 0 Å². The van der Waals surface area contributed by atoms with Gasteiger partial charge >= 0.3 is 0 Å². The first-order chi connectivity index (χ1) is 7.82. The number of hydrogen-bond acceptors (Lipinski definition) is 2. The molecule has 2 fully saturated rings. The molecular formula is C14H16N2. The van der Waals surface area contributed by atoms with Crippen LogP contribution in [0.1, 0.15) is 24.8 Å². The summed E-state index contributed by atoms with van der Waals surface area (Å²) < 4.78 is 0. The average molecular weight is 212 g/mol. The van der Waals surface area contributed by atoms with Crippen LogP contribution in [0.25, 0.3) is 0 Å². The average Bonchev–Trinajstić information content (AvgIpc) is 2.88. The maximum Gasteiger partial charge on any atom is 0.109 e. The predicted octanol–water partition coefficient (Wildman–Crippen LogP) is 2.56. The first-order valence-electron chi connectivity index (χ1n) is 6.03. The summed E-state index contributed by atoms with van der Waals surface area (Å²) in [6.45, 7) is 2.05. The van der Waals surface area contributed by atoms with Crippen molar-refractivity contribution in [3.05, 3.63) is 35.9 Å². The van der Waals surface area contributed by atoms with Crippen LogP contribution in [-0.4, -0.2) is 17.0 Å².